The summed E-state index contributed by atoms with van der Waals surface area (Å²) >= 11 is 0. The van der Waals surface area contributed by atoms with Gasteiger partial charge in [0.1, 0.15) is 11.4 Å². The monoisotopic (exact) mass is 280 g/mol. The molecule has 3 rings (SSSR count). The number of benzene rings is 1. The number of hydrogen-bond donors (Lipinski definition) is 1. The molecule has 0 spiro atoms. The van der Waals surface area contributed by atoms with Gasteiger partial charge in [-0.3, -0.25) is 9.59 Å². The lowest BCUT2D eigenvalue weighted by Gasteiger charge is -2.05. The van der Waals surface area contributed by atoms with E-state index >= 15 is 0 Å². The molecule has 0 radical (unpaired) electrons. The van der Waals surface area contributed by atoms with E-state index in [1.54, 1.807) is 36.5 Å². The summed E-state index contributed by atoms with van der Waals surface area (Å²) in [7, 11) is 0. The van der Waals surface area contributed by atoms with Crippen molar-refractivity contribution in [2.45, 2.75) is 6.92 Å². The molecule has 5 heteroatoms. The summed E-state index contributed by atoms with van der Waals surface area (Å²) in [6, 6.07) is 11.6. The molecule has 3 aromatic rings. The first-order valence-electron chi connectivity index (χ1n) is 6.41. The summed E-state index contributed by atoms with van der Waals surface area (Å²) < 4.78 is 5.52. The number of pyridine rings is 1. The van der Waals surface area contributed by atoms with Gasteiger partial charge >= 0.3 is 0 Å². The van der Waals surface area contributed by atoms with E-state index in [2.05, 4.69) is 10.3 Å². The van der Waals surface area contributed by atoms with Crippen LogP contribution in [-0.2, 0) is 0 Å². The molecule has 21 heavy (non-hydrogen) atoms. The summed E-state index contributed by atoms with van der Waals surface area (Å²) in [5, 5.41) is 3.07. The minimum Gasteiger partial charge on any atom is -0.451 e. The van der Waals surface area contributed by atoms with Crippen LogP contribution in [0.5, 0.6) is 0 Å². The Morgan fingerprint density at radius 1 is 1.19 bits per heavy atom. The molecular formula is C16H12N2O3. The topological polar surface area (TPSA) is 72.2 Å². The van der Waals surface area contributed by atoms with Gasteiger partial charge in [-0.05, 0) is 30.7 Å². The molecule has 0 aliphatic carbocycles. The molecule has 0 atom stereocenters. The van der Waals surface area contributed by atoms with E-state index < -0.39 is 5.91 Å². The van der Waals surface area contributed by atoms with Crippen molar-refractivity contribution in [3.63, 3.8) is 0 Å². The third kappa shape index (κ3) is 2.53. The molecule has 2 aromatic heterocycles. The fourth-order valence-corrected chi connectivity index (χ4v) is 2.11. The molecule has 0 bridgehead atoms. The Morgan fingerprint density at radius 2 is 2.05 bits per heavy atom. The van der Waals surface area contributed by atoms with Crippen LogP contribution in [0.25, 0.3) is 11.0 Å². The molecule has 1 amide bonds. The minimum absolute atomic E-state index is 0.0382. The molecule has 5 nitrogen and oxygen atoms in total. The second-order valence-corrected chi connectivity index (χ2v) is 4.59. The minimum atomic E-state index is -0.505. The highest BCUT2D eigenvalue weighted by atomic mass is 16.3. The Balaban J connectivity index is 2.02. The van der Waals surface area contributed by atoms with Gasteiger partial charge in [-0.25, -0.2) is 4.98 Å². The Morgan fingerprint density at radius 3 is 2.81 bits per heavy atom. The number of carbonyl (C=O) groups is 1. The fourth-order valence-electron chi connectivity index (χ4n) is 2.11. The first kappa shape index (κ1) is 13.1. The van der Waals surface area contributed by atoms with Gasteiger partial charge in [0.2, 0.25) is 0 Å². The zero-order chi connectivity index (χ0) is 14.8. The van der Waals surface area contributed by atoms with Crippen LogP contribution in [-0.4, -0.2) is 10.9 Å². The lowest BCUT2D eigenvalue weighted by Crippen LogP contribution is -2.15. The lowest BCUT2D eigenvalue weighted by molar-refractivity contribution is 0.0997. The van der Waals surface area contributed by atoms with Gasteiger partial charge < -0.3 is 9.73 Å². The van der Waals surface area contributed by atoms with E-state index in [1.807, 2.05) is 13.0 Å². The number of aromatic nitrogens is 1. The zero-order valence-corrected chi connectivity index (χ0v) is 11.3. The van der Waals surface area contributed by atoms with Crippen molar-refractivity contribution >= 4 is 22.7 Å². The number of rotatable bonds is 2. The van der Waals surface area contributed by atoms with Gasteiger partial charge in [-0.2, -0.15) is 0 Å². The van der Waals surface area contributed by atoms with Crippen LogP contribution in [0.2, 0.25) is 0 Å². The SMILES string of the molecule is Cc1cccc2oc(C(=O)Nc3ccccn3)cc(=O)c12. The van der Waals surface area contributed by atoms with Crippen molar-refractivity contribution < 1.29 is 9.21 Å². The van der Waals surface area contributed by atoms with Crippen LogP contribution in [0.1, 0.15) is 16.1 Å². The maximum absolute atomic E-state index is 12.1. The molecule has 0 aliphatic rings. The third-order valence-electron chi connectivity index (χ3n) is 3.09. The number of anilines is 1. The standard InChI is InChI=1S/C16H12N2O3/c1-10-5-4-6-12-15(10)11(19)9-13(21-12)16(20)18-14-7-2-3-8-17-14/h2-9H,1H3,(H,17,18,20). The van der Waals surface area contributed by atoms with Gasteiger partial charge in [0.25, 0.3) is 5.91 Å². The first-order valence-corrected chi connectivity index (χ1v) is 6.41. The number of carbonyl (C=O) groups excluding carboxylic acids is 1. The van der Waals surface area contributed by atoms with Gasteiger partial charge in [-0.1, -0.05) is 18.2 Å². The highest BCUT2D eigenvalue weighted by molar-refractivity contribution is 6.02. The molecule has 1 N–H and O–H groups in total. The normalized spacial score (nSPS) is 10.5. The highest BCUT2D eigenvalue weighted by Crippen LogP contribution is 2.16. The Kier molecular flexibility index (Phi) is 3.23. The van der Waals surface area contributed by atoms with Crippen molar-refractivity contribution in [1.82, 2.24) is 4.98 Å². The Bertz CT molecular complexity index is 870. The molecule has 1 aromatic carbocycles. The van der Waals surface area contributed by atoms with Gasteiger partial charge in [0.15, 0.2) is 11.2 Å². The number of hydrogen-bond acceptors (Lipinski definition) is 4. The molecule has 0 fully saturated rings. The van der Waals surface area contributed by atoms with Crippen molar-refractivity contribution in [1.29, 1.82) is 0 Å². The summed E-state index contributed by atoms with van der Waals surface area (Å²) in [6.45, 7) is 1.83. The van der Waals surface area contributed by atoms with Gasteiger partial charge in [0.05, 0.1) is 5.39 Å². The summed E-state index contributed by atoms with van der Waals surface area (Å²) in [4.78, 5) is 28.2. The van der Waals surface area contributed by atoms with E-state index in [4.69, 9.17) is 4.42 Å². The average Bonchev–Trinajstić information content (AvgIpc) is 2.48. The molecular weight excluding hydrogens is 268 g/mol. The van der Waals surface area contributed by atoms with Gasteiger partial charge in [0, 0.05) is 12.3 Å². The van der Waals surface area contributed by atoms with Crippen LogP contribution in [0.3, 0.4) is 0 Å². The summed E-state index contributed by atoms with van der Waals surface area (Å²) in [5.41, 5.74) is 0.979. The van der Waals surface area contributed by atoms with Crippen molar-refractivity contribution in [3.05, 3.63) is 70.2 Å². The molecule has 0 unspecified atom stereocenters. The molecule has 104 valence electrons. The van der Waals surface area contributed by atoms with E-state index in [0.717, 1.165) is 5.56 Å². The maximum atomic E-state index is 12.1. The largest absolute Gasteiger partial charge is 0.451 e. The molecule has 2 heterocycles. The van der Waals surface area contributed by atoms with Crippen molar-refractivity contribution in [3.8, 4) is 0 Å². The summed E-state index contributed by atoms with van der Waals surface area (Å²) in [5.74, 6) is -0.146. The Labute approximate surface area is 120 Å². The quantitative estimate of drug-likeness (QED) is 0.783. The van der Waals surface area contributed by atoms with Gasteiger partial charge in [-0.15, -0.1) is 0 Å². The lowest BCUT2D eigenvalue weighted by atomic mass is 10.1. The zero-order valence-electron chi connectivity index (χ0n) is 11.3. The predicted octanol–water partition coefficient (Wildman–Crippen LogP) is 2.75. The number of aryl methyl sites for hydroxylation is 1. The Hall–Kier alpha value is -2.95. The number of nitrogens with one attached hydrogen (secondary N) is 1. The van der Waals surface area contributed by atoms with Crippen molar-refractivity contribution in [2.24, 2.45) is 0 Å². The third-order valence-corrected chi connectivity index (χ3v) is 3.09. The maximum Gasteiger partial charge on any atom is 0.292 e. The van der Waals surface area contributed by atoms with Crippen molar-refractivity contribution in [2.75, 3.05) is 5.32 Å². The second kappa shape index (κ2) is 5.20. The number of fused-ring (bicyclic) bond motifs is 1. The van der Waals surface area contributed by atoms with Crippen LogP contribution in [0, 0.1) is 6.92 Å². The smallest absolute Gasteiger partial charge is 0.292 e. The van der Waals surface area contributed by atoms with E-state index in [1.165, 1.54) is 6.07 Å². The van der Waals surface area contributed by atoms with E-state index in [0.29, 0.717) is 16.8 Å². The van der Waals surface area contributed by atoms with Crippen LogP contribution in [0.4, 0.5) is 5.82 Å². The molecule has 0 saturated heterocycles. The summed E-state index contributed by atoms with van der Waals surface area (Å²) in [6.07, 6.45) is 1.57. The predicted molar refractivity (Wildman–Crippen MR) is 79.4 cm³/mol. The fraction of sp³-hybridized carbons (Fsp3) is 0.0625. The highest BCUT2D eigenvalue weighted by Gasteiger charge is 2.13. The van der Waals surface area contributed by atoms with Crippen LogP contribution >= 0.6 is 0 Å². The number of amides is 1. The second-order valence-electron chi connectivity index (χ2n) is 4.59. The number of nitrogens with zero attached hydrogens (tertiary/aromatic N) is 1. The first-order chi connectivity index (χ1) is 10.1. The van der Waals surface area contributed by atoms with Crippen LogP contribution in [0.15, 0.2) is 57.9 Å². The molecule has 0 aliphatic heterocycles. The van der Waals surface area contributed by atoms with E-state index in [9.17, 15) is 9.59 Å². The molecule has 0 saturated carbocycles. The average molecular weight is 280 g/mol. The van der Waals surface area contributed by atoms with E-state index in [-0.39, 0.29) is 11.2 Å². The van der Waals surface area contributed by atoms with Crippen LogP contribution < -0.4 is 10.7 Å².